The van der Waals surface area contributed by atoms with Crippen LogP contribution in [0.2, 0.25) is 0 Å². The lowest BCUT2D eigenvalue weighted by molar-refractivity contribution is -0.125. The molecule has 1 aromatic rings. The second-order valence-electron chi connectivity index (χ2n) is 6.34. The van der Waals surface area contributed by atoms with Crippen LogP contribution in [0.4, 0.5) is 0 Å². The number of hydrogen-bond donors (Lipinski definition) is 0. The third-order valence-electron chi connectivity index (χ3n) is 3.40. The van der Waals surface area contributed by atoms with Crippen LogP contribution in [0.25, 0.3) is 0 Å². The number of rotatable bonds is 8. The minimum Gasteiger partial charge on any atom is -0.493 e. The summed E-state index contributed by atoms with van der Waals surface area (Å²) in [5, 5.41) is 0. The zero-order valence-corrected chi connectivity index (χ0v) is 14.2. The highest BCUT2D eigenvalue weighted by atomic mass is 16.5. The van der Waals surface area contributed by atoms with Crippen LogP contribution in [-0.2, 0) is 4.79 Å². The molecule has 0 bridgehead atoms. The second kappa shape index (κ2) is 7.97. The Labute approximate surface area is 132 Å². The van der Waals surface area contributed by atoms with E-state index in [0.29, 0.717) is 23.7 Å². The minimum atomic E-state index is -0.511. The SMILES string of the molecule is CCCCOc1cc(C(=O)CC(=O)C(C)(C)C)ccc1OC. The van der Waals surface area contributed by atoms with Crippen molar-refractivity contribution in [3.63, 3.8) is 0 Å². The maximum atomic E-state index is 12.3. The zero-order chi connectivity index (χ0) is 16.8. The van der Waals surface area contributed by atoms with Crippen molar-refractivity contribution in [2.24, 2.45) is 5.41 Å². The molecule has 0 heterocycles. The van der Waals surface area contributed by atoms with Gasteiger partial charge >= 0.3 is 0 Å². The Kier molecular flexibility index (Phi) is 6.60. The summed E-state index contributed by atoms with van der Waals surface area (Å²) < 4.78 is 10.9. The first kappa shape index (κ1) is 18.2. The molecule has 0 atom stereocenters. The molecular formula is C18H26O4. The Bertz CT molecular complexity index is 526. The van der Waals surface area contributed by atoms with E-state index in [1.54, 1.807) is 25.3 Å². The number of benzene rings is 1. The van der Waals surface area contributed by atoms with Gasteiger partial charge in [0.1, 0.15) is 5.78 Å². The van der Waals surface area contributed by atoms with E-state index in [4.69, 9.17) is 9.47 Å². The molecule has 0 aromatic heterocycles. The molecule has 0 aliphatic heterocycles. The largest absolute Gasteiger partial charge is 0.493 e. The third kappa shape index (κ3) is 5.17. The summed E-state index contributed by atoms with van der Waals surface area (Å²) >= 11 is 0. The topological polar surface area (TPSA) is 52.6 Å². The molecular weight excluding hydrogens is 280 g/mol. The Hall–Kier alpha value is -1.84. The third-order valence-corrected chi connectivity index (χ3v) is 3.40. The van der Waals surface area contributed by atoms with Gasteiger partial charge in [-0.3, -0.25) is 9.59 Å². The molecule has 122 valence electrons. The molecule has 1 rings (SSSR count). The molecule has 0 saturated heterocycles. The number of hydrogen-bond acceptors (Lipinski definition) is 4. The summed E-state index contributed by atoms with van der Waals surface area (Å²) in [6, 6.07) is 5.03. The molecule has 22 heavy (non-hydrogen) atoms. The van der Waals surface area contributed by atoms with E-state index in [-0.39, 0.29) is 18.0 Å². The number of ketones is 2. The lowest BCUT2D eigenvalue weighted by atomic mass is 9.87. The van der Waals surface area contributed by atoms with Crippen LogP contribution in [0.15, 0.2) is 18.2 Å². The molecule has 1 aromatic carbocycles. The Morgan fingerprint density at radius 1 is 1.14 bits per heavy atom. The highest BCUT2D eigenvalue weighted by Crippen LogP contribution is 2.29. The minimum absolute atomic E-state index is 0.0678. The predicted molar refractivity (Wildman–Crippen MR) is 86.8 cm³/mol. The van der Waals surface area contributed by atoms with Gasteiger partial charge in [-0.1, -0.05) is 34.1 Å². The van der Waals surface area contributed by atoms with E-state index in [1.807, 2.05) is 20.8 Å². The van der Waals surface area contributed by atoms with Crippen molar-refractivity contribution in [3.05, 3.63) is 23.8 Å². The summed E-state index contributed by atoms with van der Waals surface area (Å²) in [6.45, 7) is 8.10. The maximum absolute atomic E-state index is 12.3. The van der Waals surface area contributed by atoms with Crippen molar-refractivity contribution < 1.29 is 19.1 Å². The summed E-state index contributed by atoms with van der Waals surface area (Å²) in [6.07, 6.45) is 1.87. The van der Waals surface area contributed by atoms with E-state index >= 15 is 0 Å². The van der Waals surface area contributed by atoms with Crippen molar-refractivity contribution >= 4 is 11.6 Å². The van der Waals surface area contributed by atoms with Crippen LogP contribution >= 0.6 is 0 Å². The van der Waals surface area contributed by atoms with E-state index in [0.717, 1.165) is 12.8 Å². The number of Topliss-reactive ketones (excluding diaryl/α,β-unsaturated/α-hetero) is 2. The van der Waals surface area contributed by atoms with E-state index in [9.17, 15) is 9.59 Å². The molecule has 0 aliphatic rings. The van der Waals surface area contributed by atoms with E-state index in [1.165, 1.54) is 0 Å². The lowest BCUT2D eigenvalue weighted by Gasteiger charge is -2.16. The smallest absolute Gasteiger partial charge is 0.170 e. The van der Waals surface area contributed by atoms with Gasteiger partial charge in [0.25, 0.3) is 0 Å². The molecule has 0 N–H and O–H groups in total. The number of carbonyl (C=O) groups excluding carboxylic acids is 2. The average Bonchev–Trinajstić information content (AvgIpc) is 2.46. The van der Waals surface area contributed by atoms with Gasteiger partial charge in [0, 0.05) is 11.0 Å². The number of unbranched alkanes of at least 4 members (excludes halogenated alkanes) is 1. The fraction of sp³-hybridized carbons (Fsp3) is 0.556. The normalized spacial score (nSPS) is 11.1. The molecule has 0 fully saturated rings. The molecule has 0 spiro atoms. The molecule has 4 heteroatoms. The van der Waals surface area contributed by atoms with Crippen molar-refractivity contribution in [2.75, 3.05) is 13.7 Å². The summed E-state index contributed by atoms with van der Waals surface area (Å²) in [5.41, 5.74) is -0.0346. The zero-order valence-electron chi connectivity index (χ0n) is 14.2. The summed E-state index contributed by atoms with van der Waals surface area (Å²) in [7, 11) is 1.56. The first-order valence-corrected chi connectivity index (χ1v) is 7.67. The van der Waals surface area contributed by atoms with Crippen LogP contribution in [0.3, 0.4) is 0 Å². The van der Waals surface area contributed by atoms with Gasteiger partial charge in [-0.2, -0.15) is 0 Å². The average molecular weight is 306 g/mol. The molecule has 0 saturated carbocycles. The first-order chi connectivity index (χ1) is 10.3. The Morgan fingerprint density at radius 2 is 1.82 bits per heavy atom. The van der Waals surface area contributed by atoms with Gasteiger partial charge in [0.05, 0.1) is 20.1 Å². The lowest BCUT2D eigenvalue weighted by Crippen LogP contribution is -2.23. The quantitative estimate of drug-likeness (QED) is 0.413. The van der Waals surface area contributed by atoms with Crippen molar-refractivity contribution in [2.45, 2.75) is 47.0 Å². The van der Waals surface area contributed by atoms with Crippen LogP contribution in [0.5, 0.6) is 11.5 Å². The standard InChI is InChI=1S/C18H26O4/c1-6-7-10-22-16-11-13(8-9-15(16)21-5)14(19)12-17(20)18(2,3)4/h8-9,11H,6-7,10,12H2,1-5H3. The van der Waals surface area contributed by atoms with Gasteiger partial charge in [0.15, 0.2) is 17.3 Å². The van der Waals surface area contributed by atoms with Crippen molar-refractivity contribution in [3.8, 4) is 11.5 Å². The van der Waals surface area contributed by atoms with Gasteiger partial charge in [-0.05, 0) is 24.6 Å². The van der Waals surface area contributed by atoms with Crippen molar-refractivity contribution in [1.29, 1.82) is 0 Å². The van der Waals surface area contributed by atoms with Gasteiger partial charge in [-0.15, -0.1) is 0 Å². The molecule has 0 amide bonds. The Balaban J connectivity index is 2.88. The van der Waals surface area contributed by atoms with E-state index in [2.05, 4.69) is 6.92 Å². The van der Waals surface area contributed by atoms with Gasteiger partial charge in [0.2, 0.25) is 0 Å². The predicted octanol–water partition coefficient (Wildman–Crippen LogP) is 4.06. The highest BCUT2D eigenvalue weighted by Gasteiger charge is 2.24. The summed E-state index contributed by atoms with van der Waals surface area (Å²) in [5.74, 6) is 0.879. The van der Waals surface area contributed by atoms with Gasteiger partial charge in [-0.25, -0.2) is 0 Å². The van der Waals surface area contributed by atoms with Crippen LogP contribution in [-0.4, -0.2) is 25.3 Å². The molecule has 4 nitrogen and oxygen atoms in total. The molecule has 0 aliphatic carbocycles. The summed E-state index contributed by atoms with van der Waals surface area (Å²) in [4.78, 5) is 24.3. The van der Waals surface area contributed by atoms with Crippen LogP contribution < -0.4 is 9.47 Å². The molecule has 0 radical (unpaired) electrons. The molecule has 0 unspecified atom stereocenters. The Morgan fingerprint density at radius 3 is 2.36 bits per heavy atom. The highest BCUT2D eigenvalue weighted by molar-refractivity contribution is 6.09. The van der Waals surface area contributed by atoms with Crippen LogP contribution in [0.1, 0.15) is 57.3 Å². The number of methoxy groups -OCH3 is 1. The van der Waals surface area contributed by atoms with Crippen LogP contribution in [0, 0.1) is 5.41 Å². The first-order valence-electron chi connectivity index (χ1n) is 7.67. The van der Waals surface area contributed by atoms with Crippen molar-refractivity contribution in [1.82, 2.24) is 0 Å². The maximum Gasteiger partial charge on any atom is 0.170 e. The van der Waals surface area contributed by atoms with E-state index < -0.39 is 5.41 Å². The van der Waals surface area contributed by atoms with Gasteiger partial charge < -0.3 is 9.47 Å². The monoisotopic (exact) mass is 306 g/mol. The second-order valence-corrected chi connectivity index (χ2v) is 6.34. The fourth-order valence-electron chi connectivity index (χ4n) is 1.80. The number of carbonyl (C=O) groups is 2. The fourth-order valence-corrected chi connectivity index (χ4v) is 1.80. The number of ether oxygens (including phenoxy) is 2.